The van der Waals surface area contributed by atoms with Gasteiger partial charge in [-0.15, -0.1) is 0 Å². The highest BCUT2D eigenvalue weighted by molar-refractivity contribution is 8.26. The molecule has 1 saturated carbocycles. The number of rotatable bonds is 6. The minimum atomic E-state index is -0.492. The van der Waals surface area contributed by atoms with Crippen LogP contribution in [0.3, 0.4) is 0 Å². The molecular weight excluding hydrogens is 451 g/mol. The van der Waals surface area contributed by atoms with E-state index in [1.165, 1.54) is 48.5 Å². The van der Waals surface area contributed by atoms with Gasteiger partial charge in [-0.1, -0.05) is 55.4 Å². The van der Waals surface area contributed by atoms with E-state index < -0.39 is 4.92 Å². The van der Waals surface area contributed by atoms with Crippen LogP contribution in [0, 0.1) is 15.9 Å². The molecule has 1 aliphatic heterocycles. The summed E-state index contributed by atoms with van der Waals surface area (Å²) >= 11 is 6.69. The summed E-state index contributed by atoms with van der Waals surface area (Å²) in [6.45, 7) is 0.155. The minimum Gasteiger partial charge on any atom is -0.488 e. The molecule has 0 spiro atoms. The van der Waals surface area contributed by atoms with Crippen LogP contribution in [0.2, 0.25) is 0 Å². The van der Waals surface area contributed by atoms with Crippen LogP contribution in [0.1, 0.15) is 43.2 Å². The number of thiocarbonyl (C=S) groups is 1. The Morgan fingerprint density at radius 1 is 1.19 bits per heavy atom. The molecule has 32 heavy (non-hydrogen) atoms. The number of ether oxygens (including phenoxy) is 1. The number of carbonyl (C=O) groups excluding carboxylic acids is 1. The number of nitro benzene ring substituents is 1. The van der Waals surface area contributed by atoms with Crippen LogP contribution in [0.4, 0.5) is 10.1 Å². The molecule has 0 unspecified atom stereocenters. The molecule has 1 amide bonds. The first kappa shape index (κ1) is 22.4. The quantitative estimate of drug-likeness (QED) is 0.227. The van der Waals surface area contributed by atoms with Crippen LogP contribution in [-0.2, 0) is 11.4 Å². The maximum absolute atomic E-state index is 13.1. The van der Waals surface area contributed by atoms with Gasteiger partial charge in [0.05, 0.1) is 9.83 Å². The number of hydrogen-bond acceptors (Lipinski definition) is 6. The zero-order valence-corrected chi connectivity index (χ0v) is 18.8. The van der Waals surface area contributed by atoms with Crippen molar-refractivity contribution >= 4 is 46.0 Å². The zero-order valence-electron chi connectivity index (χ0n) is 17.2. The van der Waals surface area contributed by atoms with Crippen molar-refractivity contribution in [3.05, 3.63) is 74.4 Å². The zero-order chi connectivity index (χ0) is 22.7. The minimum absolute atomic E-state index is 0.104. The second-order valence-electron chi connectivity index (χ2n) is 7.74. The third-order valence-corrected chi connectivity index (χ3v) is 6.89. The molecule has 2 aliphatic rings. The first-order chi connectivity index (χ1) is 15.4. The van der Waals surface area contributed by atoms with E-state index in [-0.39, 0.29) is 30.1 Å². The molecule has 0 N–H and O–H groups in total. The van der Waals surface area contributed by atoms with E-state index in [1.54, 1.807) is 23.1 Å². The van der Waals surface area contributed by atoms with Crippen molar-refractivity contribution in [3.63, 3.8) is 0 Å². The van der Waals surface area contributed by atoms with E-state index in [9.17, 15) is 19.3 Å². The van der Waals surface area contributed by atoms with Gasteiger partial charge < -0.3 is 4.74 Å². The molecule has 0 bridgehead atoms. The lowest BCUT2D eigenvalue weighted by atomic mass is 9.94. The number of non-ortho nitro benzene ring substituents is 1. The molecule has 4 rings (SSSR count). The summed E-state index contributed by atoms with van der Waals surface area (Å²) in [5.41, 5.74) is 1.07. The standard InChI is InChI=1S/C23H21FN2O4S2/c24-17-8-6-15(7-9-17)14-30-20-11-10-19(26(28)29)12-16(20)13-21-22(27)25(23(31)32-21)18-4-2-1-3-5-18/h6-13,18H,1-5,14H2/b21-13+. The molecule has 2 aromatic carbocycles. The van der Waals surface area contributed by atoms with Crippen molar-refractivity contribution in [2.45, 2.75) is 44.8 Å². The van der Waals surface area contributed by atoms with Crippen molar-refractivity contribution < 1.29 is 18.8 Å². The van der Waals surface area contributed by atoms with Crippen LogP contribution in [0.25, 0.3) is 6.08 Å². The van der Waals surface area contributed by atoms with E-state index in [4.69, 9.17) is 17.0 Å². The first-order valence-corrected chi connectivity index (χ1v) is 11.6. The number of hydrogen-bond donors (Lipinski definition) is 0. The summed E-state index contributed by atoms with van der Waals surface area (Å²) in [7, 11) is 0. The van der Waals surface area contributed by atoms with Crippen molar-refractivity contribution in [2.24, 2.45) is 0 Å². The second-order valence-corrected chi connectivity index (χ2v) is 9.41. The van der Waals surface area contributed by atoms with Gasteiger partial charge >= 0.3 is 0 Å². The molecule has 0 radical (unpaired) electrons. The van der Waals surface area contributed by atoms with E-state index in [0.29, 0.717) is 20.5 Å². The lowest BCUT2D eigenvalue weighted by Crippen LogP contribution is -2.39. The van der Waals surface area contributed by atoms with Crippen LogP contribution in [0.15, 0.2) is 47.4 Å². The van der Waals surface area contributed by atoms with E-state index in [1.807, 2.05) is 0 Å². The second kappa shape index (κ2) is 9.79. The molecule has 1 heterocycles. The fourth-order valence-electron chi connectivity index (χ4n) is 3.91. The molecule has 0 aromatic heterocycles. The Morgan fingerprint density at radius 3 is 2.59 bits per heavy atom. The van der Waals surface area contributed by atoms with Crippen molar-refractivity contribution in [2.75, 3.05) is 0 Å². The van der Waals surface area contributed by atoms with Gasteiger partial charge in [0.15, 0.2) is 0 Å². The Morgan fingerprint density at radius 2 is 1.91 bits per heavy atom. The van der Waals surface area contributed by atoms with E-state index >= 15 is 0 Å². The Bertz CT molecular complexity index is 1080. The summed E-state index contributed by atoms with van der Waals surface area (Å²) in [6, 6.07) is 10.2. The lowest BCUT2D eigenvalue weighted by molar-refractivity contribution is -0.384. The monoisotopic (exact) mass is 472 g/mol. The molecule has 166 valence electrons. The molecule has 1 aliphatic carbocycles. The Balaban J connectivity index is 1.60. The van der Waals surface area contributed by atoms with Crippen LogP contribution >= 0.6 is 24.0 Å². The molecule has 1 saturated heterocycles. The largest absolute Gasteiger partial charge is 0.488 e. The Hall–Kier alpha value is -2.78. The maximum atomic E-state index is 13.1. The SMILES string of the molecule is O=C1/C(=C\c2cc([N+](=O)[O-])ccc2OCc2ccc(F)cc2)SC(=S)N1C1CCCCC1. The molecule has 9 heteroatoms. The molecule has 0 atom stereocenters. The predicted octanol–water partition coefficient (Wildman–Crippen LogP) is 5.85. The van der Waals surface area contributed by atoms with Gasteiger partial charge in [0.25, 0.3) is 11.6 Å². The van der Waals surface area contributed by atoms with Gasteiger partial charge in [-0.25, -0.2) is 4.39 Å². The number of nitrogens with zero attached hydrogens (tertiary/aromatic N) is 2. The van der Waals surface area contributed by atoms with Gasteiger partial charge in [0, 0.05) is 23.7 Å². The fourth-order valence-corrected chi connectivity index (χ4v) is 5.30. The summed E-state index contributed by atoms with van der Waals surface area (Å²) < 4.78 is 19.5. The van der Waals surface area contributed by atoms with Crippen LogP contribution in [-0.4, -0.2) is 26.1 Å². The van der Waals surface area contributed by atoms with Crippen LogP contribution in [0.5, 0.6) is 5.75 Å². The van der Waals surface area contributed by atoms with Gasteiger partial charge in [0.2, 0.25) is 0 Å². The topological polar surface area (TPSA) is 72.7 Å². The average molecular weight is 473 g/mol. The summed E-state index contributed by atoms with van der Waals surface area (Å²) in [5.74, 6) is -0.115. The normalized spacial score (nSPS) is 18.4. The highest BCUT2D eigenvalue weighted by Crippen LogP contribution is 2.39. The van der Waals surface area contributed by atoms with Gasteiger partial charge in [-0.05, 0) is 42.7 Å². The summed E-state index contributed by atoms with van der Waals surface area (Å²) in [6.07, 6.45) is 6.80. The van der Waals surface area contributed by atoms with Crippen molar-refractivity contribution in [1.82, 2.24) is 4.90 Å². The van der Waals surface area contributed by atoms with Crippen molar-refractivity contribution in [3.8, 4) is 5.75 Å². The summed E-state index contributed by atoms with van der Waals surface area (Å²) in [4.78, 5) is 26.0. The Kier molecular flexibility index (Phi) is 6.86. The molecule has 6 nitrogen and oxygen atoms in total. The van der Waals surface area contributed by atoms with E-state index in [2.05, 4.69) is 0 Å². The molecule has 2 fully saturated rings. The van der Waals surface area contributed by atoms with Gasteiger partial charge in [-0.3, -0.25) is 19.8 Å². The van der Waals surface area contributed by atoms with E-state index in [0.717, 1.165) is 31.2 Å². The lowest BCUT2D eigenvalue weighted by Gasteiger charge is -2.29. The number of benzene rings is 2. The van der Waals surface area contributed by atoms with Crippen LogP contribution < -0.4 is 4.74 Å². The summed E-state index contributed by atoms with van der Waals surface area (Å²) in [5, 5.41) is 11.3. The predicted molar refractivity (Wildman–Crippen MR) is 126 cm³/mol. The number of amides is 1. The third kappa shape index (κ3) is 4.99. The van der Waals surface area contributed by atoms with Crippen molar-refractivity contribution in [1.29, 1.82) is 0 Å². The number of nitro groups is 1. The fraction of sp³-hybridized carbons (Fsp3) is 0.304. The first-order valence-electron chi connectivity index (χ1n) is 10.3. The number of carbonyl (C=O) groups is 1. The van der Waals surface area contributed by atoms with Gasteiger partial charge in [0.1, 0.15) is 22.5 Å². The number of halogens is 1. The number of thioether (sulfide) groups is 1. The molecule has 2 aromatic rings. The third-order valence-electron chi connectivity index (χ3n) is 5.56. The maximum Gasteiger partial charge on any atom is 0.270 e. The smallest absolute Gasteiger partial charge is 0.270 e. The highest BCUT2D eigenvalue weighted by atomic mass is 32.2. The molecular formula is C23H21FN2O4S2. The van der Waals surface area contributed by atoms with Gasteiger partial charge in [-0.2, -0.15) is 0 Å². The Labute approximate surface area is 194 Å². The highest BCUT2D eigenvalue weighted by Gasteiger charge is 2.37. The average Bonchev–Trinajstić information content (AvgIpc) is 3.07.